The van der Waals surface area contributed by atoms with Gasteiger partial charge in [-0.3, -0.25) is 4.79 Å². The molecule has 104 valence electrons. The van der Waals surface area contributed by atoms with Crippen molar-refractivity contribution >= 4 is 12.0 Å². The highest BCUT2D eigenvalue weighted by molar-refractivity contribution is 5.97. The van der Waals surface area contributed by atoms with Crippen LogP contribution in [0.1, 0.15) is 26.3 Å². The summed E-state index contributed by atoms with van der Waals surface area (Å²) in [6.45, 7) is 6.66. The number of amides is 1. The smallest absolute Gasteiger partial charge is 0.247 e. The third kappa shape index (κ3) is 4.87. The molecule has 0 unspecified atom stereocenters. The number of carbonyl (C=O) groups is 1. The Morgan fingerprint density at radius 2 is 1.84 bits per heavy atom. The lowest BCUT2D eigenvalue weighted by molar-refractivity contribution is -0.117. The first kappa shape index (κ1) is 15.4. The lowest BCUT2D eigenvalue weighted by Gasteiger charge is -2.32. The third-order valence-electron chi connectivity index (χ3n) is 3.43. The van der Waals surface area contributed by atoms with Crippen LogP contribution in [0.2, 0.25) is 0 Å². The zero-order valence-corrected chi connectivity index (χ0v) is 12.5. The number of hydrogen-bond donors (Lipinski definition) is 1. The van der Waals surface area contributed by atoms with Crippen LogP contribution in [-0.4, -0.2) is 37.0 Å². The molecule has 19 heavy (non-hydrogen) atoms. The number of benzene rings is 1. The second-order valence-corrected chi connectivity index (χ2v) is 5.63. The van der Waals surface area contributed by atoms with Crippen LogP contribution in [0.5, 0.6) is 0 Å². The van der Waals surface area contributed by atoms with Gasteiger partial charge in [0.05, 0.1) is 0 Å². The second kappa shape index (κ2) is 6.53. The Balaban J connectivity index is 2.62. The lowest BCUT2D eigenvalue weighted by atomic mass is 10.0. The van der Waals surface area contributed by atoms with Crippen molar-refractivity contribution in [2.24, 2.45) is 0 Å². The molecule has 0 aromatic heterocycles. The van der Waals surface area contributed by atoms with Gasteiger partial charge in [0.25, 0.3) is 0 Å². The van der Waals surface area contributed by atoms with Crippen LogP contribution in [0.4, 0.5) is 0 Å². The Bertz CT molecular complexity index is 447. The average molecular weight is 260 g/mol. The molecule has 0 spiro atoms. The van der Waals surface area contributed by atoms with Gasteiger partial charge in [0.15, 0.2) is 0 Å². The standard InChI is InChI=1S/C16H24N2O/c1-13(11-14-9-7-6-8-10-14)15(19)17-12-16(2,3)18(4)5/h6-11H,12H2,1-5H3,(H,17,19)/b13-11+. The van der Waals surface area contributed by atoms with E-state index in [0.717, 1.165) is 11.1 Å². The molecule has 1 aromatic carbocycles. The van der Waals surface area contributed by atoms with Crippen LogP contribution in [0.25, 0.3) is 6.08 Å². The maximum Gasteiger partial charge on any atom is 0.247 e. The first-order valence-electron chi connectivity index (χ1n) is 6.52. The van der Waals surface area contributed by atoms with E-state index in [-0.39, 0.29) is 11.4 Å². The van der Waals surface area contributed by atoms with E-state index in [1.54, 1.807) is 0 Å². The summed E-state index contributed by atoms with van der Waals surface area (Å²) >= 11 is 0. The monoisotopic (exact) mass is 260 g/mol. The van der Waals surface area contributed by atoms with Crippen molar-refractivity contribution in [1.29, 1.82) is 0 Å². The van der Waals surface area contributed by atoms with Crippen LogP contribution in [0.3, 0.4) is 0 Å². The average Bonchev–Trinajstić information content (AvgIpc) is 2.37. The number of rotatable bonds is 5. The van der Waals surface area contributed by atoms with Gasteiger partial charge in [0, 0.05) is 17.7 Å². The van der Waals surface area contributed by atoms with E-state index in [0.29, 0.717) is 6.54 Å². The van der Waals surface area contributed by atoms with E-state index in [1.807, 2.05) is 57.4 Å². The highest BCUT2D eigenvalue weighted by atomic mass is 16.1. The zero-order valence-electron chi connectivity index (χ0n) is 12.5. The molecular formula is C16H24N2O. The minimum atomic E-state index is -0.0529. The number of hydrogen-bond acceptors (Lipinski definition) is 2. The molecule has 0 saturated heterocycles. The predicted octanol–water partition coefficient (Wildman–Crippen LogP) is 2.55. The van der Waals surface area contributed by atoms with Crippen LogP contribution in [0.15, 0.2) is 35.9 Å². The highest BCUT2D eigenvalue weighted by Gasteiger charge is 2.21. The fraction of sp³-hybridized carbons (Fsp3) is 0.438. The van der Waals surface area contributed by atoms with Crippen molar-refractivity contribution < 1.29 is 4.79 Å². The van der Waals surface area contributed by atoms with E-state index < -0.39 is 0 Å². The van der Waals surface area contributed by atoms with Crippen molar-refractivity contribution in [3.8, 4) is 0 Å². The Labute approximate surface area is 116 Å². The summed E-state index contributed by atoms with van der Waals surface area (Å²) in [4.78, 5) is 14.1. The molecule has 0 saturated carbocycles. The first-order chi connectivity index (χ1) is 8.83. The molecule has 0 aliphatic heterocycles. The molecule has 1 N–H and O–H groups in total. The third-order valence-corrected chi connectivity index (χ3v) is 3.43. The van der Waals surface area contributed by atoms with Gasteiger partial charge in [-0.25, -0.2) is 0 Å². The number of nitrogens with zero attached hydrogens (tertiary/aromatic N) is 1. The summed E-state index contributed by atoms with van der Waals surface area (Å²) in [5.74, 6) is -0.0150. The maximum atomic E-state index is 12.0. The van der Waals surface area contributed by atoms with Crippen molar-refractivity contribution in [3.05, 3.63) is 41.5 Å². The summed E-state index contributed by atoms with van der Waals surface area (Å²) < 4.78 is 0. The number of nitrogens with one attached hydrogen (secondary N) is 1. The van der Waals surface area contributed by atoms with Gasteiger partial charge in [-0.15, -0.1) is 0 Å². The predicted molar refractivity (Wildman–Crippen MR) is 80.9 cm³/mol. The lowest BCUT2D eigenvalue weighted by Crippen LogP contribution is -2.48. The normalized spacial score (nSPS) is 12.6. The van der Waals surface area contributed by atoms with E-state index in [9.17, 15) is 4.79 Å². The Morgan fingerprint density at radius 1 is 1.26 bits per heavy atom. The molecule has 1 aromatic rings. The van der Waals surface area contributed by atoms with E-state index in [2.05, 4.69) is 24.1 Å². The Morgan fingerprint density at radius 3 is 2.37 bits per heavy atom. The summed E-state index contributed by atoms with van der Waals surface area (Å²) in [6.07, 6.45) is 1.90. The van der Waals surface area contributed by atoms with E-state index in [4.69, 9.17) is 0 Å². The summed E-state index contributed by atoms with van der Waals surface area (Å²) in [7, 11) is 4.03. The van der Waals surface area contributed by atoms with E-state index >= 15 is 0 Å². The van der Waals surface area contributed by atoms with Gasteiger partial charge in [-0.05, 0) is 46.5 Å². The number of carbonyl (C=O) groups excluding carboxylic acids is 1. The molecule has 3 heteroatoms. The molecule has 0 aliphatic rings. The van der Waals surface area contributed by atoms with Crippen molar-refractivity contribution in [2.45, 2.75) is 26.3 Å². The molecule has 0 atom stereocenters. The minimum absolute atomic E-state index is 0.0150. The van der Waals surface area contributed by atoms with Crippen molar-refractivity contribution in [1.82, 2.24) is 10.2 Å². The molecule has 0 aliphatic carbocycles. The Hall–Kier alpha value is -1.61. The maximum absolute atomic E-state index is 12.0. The van der Waals surface area contributed by atoms with Crippen LogP contribution < -0.4 is 5.32 Å². The van der Waals surface area contributed by atoms with Gasteiger partial charge in [-0.2, -0.15) is 0 Å². The van der Waals surface area contributed by atoms with Crippen molar-refractivity contribution in [3.63, 3.8) is 0 Å². The quantitative estimate of drug-likeness (QED) is 0.825. The summed E-state index contributed by atoms with van der Waals surface area (Å²) in [5, 5.41) is 2.98. The molecular weight excluding hydrogens is 236 g/mol. The van der Waals surface area contributed by atoms with Crippen molar-refractivity contribution in [2.75, 3.05) is 20.6 Å². The molecule has 0 bridgehead atoms. The molecule has 0 fully saturated rings. The first-order valence-corrected chi connectivity index (χ1v) is 6.52. The van der Waals surface area contributed by atoms with Crippen LogP contribution in [0, 0.1) is 0 Å². The minimum Gasteiger partial charge on any atom is -0.350 e. The fourth-order valence-electron chi connectivity index (χ4n) is 1.46. The zero-order chi connectivity index (χ0) is 14.5. The van der Waals surface area contributed by atoms with E-state index in [1.165, 1.54) is 0 Å². The Kier molecular flexibility index (Phi) is 5.31. The molecule has 0 heterocycles. The molecule has 1 rings (SSSR count). The molecule has 0 radical (unpaired) electrons. The highest BCUT2D eigenvalue weighted by Crippen LogP contribution is 2.09. The summed E-state index contributed by atoms with van der Waals surface area (Å²) in [6, 6.07) is 9.87. The topological polar surface area (TPSA) is 32.3 Å². The largest absolute Gasteiger partial charge is 0.350 e. The van der Waals surface area contributed by atoms with Gasteiger partial charge < -0.3 is 10.2 Å². The fourth-order valence-corrected chi connectivity index (χ4v) is 1.46. The van der Waals surface area contributed by atoms with Crippen LogP contribution >= 0.6 is 0 Å². The van der Waals surface area contributed by atoms with Gasteiger partial charge in [0.2, 0.25) is 5.91 Å². The molecule has 3 nitrogen and oxygen atoms in total. The van der Waals surface area contributed by atoms with Gasteiger partial charge in [-0.1, -0.05) is 30.3 Å². The number of likely N-dealkylation sites (N-methyl/N-ethyl adjacent to an activating group) is 1. The van der Waals surface area contributed by atoms with Gasteiger partial charge in [0.1, 0.15) is 0 Å². The second-order valence-electron chi connectivity index (χ2n) is 5.63. The molecule has 1 amide bonds. The summed E-state index contributed by atoms with van der Waals surface area (Å²) in [5.41, 5.74) is 1.71. The SMILES string of the molecule is C/C(=C\c1ccccc1)C(=O)NCC(C)(C)N(C)C. The van der Waals surface area contributed by atoms with Crippen LogP contribution in [-0.2, 0) is 4.79 Å². The van der Waals surface area contributed by atoms with Gasteiger partial charge >= 0.3 is 0 Å².